The van der Waals surface area contributed by atoms with Crippen LogP contribution in [0.4, 0.5) is 4.79 Å². The molecule has 1 fully saturated rings. The van der Waals surface area contributed by atoms with Gasteiger partial charge in [-0.25, -0.2) is 9.93 Å². The van der Waals surface area contributed by atoms with Crippen LogP contribution in [0.1, 0.15) is 20.8 Å². The van der Waals surface area contributed by atoms with Crippen LogP contribution in [-0.4, -0.2) is 57.4 Å². The Morgan fingerprint density at radius 2 is 2.11 bits per heavy atom. The number of rotatable bonds is 3. The minimum atomic E-state index is -4.04. The van der Waals surface area contributed by atoms with E-state index < -0.39 is 28.0 Å². The second-order valence-electron chi connectivity index (χ2n) is 5.18. The molecule has 0 aromatic heterocycles. The highest BCUT2D eigenvalue weighted by atomic mass is 32.2. The summed E-state index contributed by atoms with van der Waals surface area (Å²) >= 11 is 0. The minimum absolute atomic E-state index is 0.175. The first-order valence-electron chi connectivity index (χ1n) is 5.83. The number of carbonyl (C=O) groups is 1. The second kappa shape index (κ2) is 6.04. The summed E-state index contributed by atoms with van der Waals surface area (Å²) in [5.41, 5.74) is -0.624. The lowest BCUT2D eigenvalue weighted by Crippen LogP contribution is -2.52. The molecule has 19 heavy (non-hydrogen) atoms. The van der Waals surface area contributed by atoms with Gasteiger partial charge in [-0.2, -0.15) is 8.42 Å². The van der Waals surface area contributed by atoms with E-state index in [1.54, 1.807) is 20.8 Å². The van der Waals surface area contributed by atoms with Crippen molar-refractivity contribution in [1.29, 1.82) is 0 Å². The Morgan fingerprint density at radius 3 is 2.63 bits per heavy atom. The average molecular weight is 296 g/mol. The van der Waals surface area contributed by atoms with E-state index in [-0.39, 0.29) is 13.2 Å². The van der Waals surface area contributed by atoms with Crippen molar-refractivity contribution in [3.8, 4) is 0 Å². The summed E-state index contributed by atoms with van der Waals surface area (Å²) < 4.78 is 36.4. The van der Waals surface area contributed by atoms with Gasteiger partial charge in [-0.3, -0.25) is 9.08 Å². The Hall–Kier alpha value is -0.900. The van der Waals surface area contributed by atoms with Crippen molar-refractivity contribution in [2.45, 2.75) is 32.4 Å². The van der Waals surface area contributed by atoms with Gasteiger partial charge in [-0.15, -0.1) is 0 Å². The molecule has 1 aliphatic heterocycles. The minimum Gasteiger partial charge on any atom is -0.444 e. The van der Waals surface area contributed by atoms with Gasteiger partial charge in [0, 0.05) is 6.54 Å². The van der Waals surface area contributed by atoms with E-state index in [4.69, 9.17) is 14.6 Å². The van der Waals surface area contributed by atoms with E-state index in [0.29, 0.717) is 13.2 Å². The molecule has 0 aromatic rings. The summed E-state index contributed by atoms with van der Waals surface area (Å²) in [5, 5.41) is 4.75. The number of carbonyl (C=O) groups excluding carboxylic acids is 1. The fraction of sp³-hybridized carbons (Fsp3) is 0.900. The van der Waals surface area contributed by atoms with Gasteiger partial charge in [-0.05, 0) is 20.8 Å². The molecule has 1 aliphatic rings. The van der Waals surface area contributed by atoms with Crippen molar-refractivity contribution in [2.24, 2.45) is 5.14 Å². The molecule has 1 heterocycles. The molecule has 0 saturated carbocycles. The molecule has 1 unspecified atom stereocenters. The molecule has 112 valence electrons. The average Bonchev–Trinajstić information content (AvgIpc) is 2.23. The Morgan fingerprint density at radius 1 is 1.47 bits per heavy atom. The summed E-state index contributed by atoms with van der Waals surface area (Å²) in [6, 6.07) is -0.540. The zero-order valence-corrected chi connectivity index (χ0v) is 12.1. The number of hydrogen-bond donors (Lipinski definition) is 1. The third kappa shape index (κ3) is 6.19. The molecule has 1 atom stereocenters. The lowest BCUT2D eigenvalue weighted by molar-refractivity contribution is -0.0413. The van der Waals surface area contributed by atoms with E-state index in [2.05, 4.69) is 4.18 Å². The predicted molar refractivity (Wildman–Crippen MR) is 66.6 cm³/mol. The molecule has 0 radical (unpaired) electrons. The number of nitrogens with zero attached hydrogens (tertiary/aromatic N) is 1. The van der Waals surface area contributed by atoms with Gasteiger partial charge in [0.25, 0.3) is 0 Å². The van der Waals surface area contributed by atoms with Crippen molar-refractivity contribution >= 4 is 16.4 Å². The lowest BCUT2D eigenvalue weighted by Gasteiger charge is -2.36. The molecule has 0 aliphatic carbocycles. The van der Waals surface area contributed by atoms with Crippen molar-refractivity contribution in [2.75, 3.05) is 26.4 Å². The maximum Gasteiger partial charge on any atom is 0.410 e. The quantitative estimate of drug-likeness (QED) is 0.775. The molecule has 0 bridgehead atoms. The maximum absolute atomic E-state index is 12.0. The van der Waals surface area contributed by atoms with Gasteiger partial charge in [0.05, 0.1) is 25.9 Å². The molecule has 1 rings (SSSR count). The SMILES string of the molecule is CC(C)(C)OC(=O)N1CCOCC1COS(N)(=O)=O. The van der Waals surface area contributed by atoms with Crippen LogP contribution in [0.3, 0.4) is 0 Å². The summed E-state index contributed by atoms with van der Waals surface area (Å²) in [5.74, 6) is 0. The molecule has 8 nitrogen and oxygen atoms in total. The highest BCUT2D eigenvalue weighted by Crippen LogP contribution is 2.15. The van der Waals surface area contributed by atoms with Crippen LogP contribution < -0.4 is 5.14 Å². The van der Waals surface area contributed by atoms with E-state index in [1.165, 1.54) is 4.90 Å². The summed E-state index contributed by atoms with van der Waals surface area (Å²) in [4.78, 5) is 13.3. The molecular weight excluding hydrogens is 276 g/mol. The van der Waals surface area contributed by atoms with Crippen LogP contribution in [0.15, 0.2) is 0 Å². The van der Waals surface area contributed by atoms with Crippen LogP contribution >= 0.6 is 0 Å². The largest absolute Gasteiger partial charge is 0.444 e. The fourth-order valence-corrected chi connectivity index (χ4v) is 1.87. The van der Waals surface area contributed by atoms with E-state index in [1.807, 2.05) is 0 Å². The molecule has 0 aromatic carbocycles. The van der Waals surface area contributed by atoms with Crippen molar-refractivity contribution in [1.82, 2.24) is 4.90 Å². The van der Waals surface area contributed by atoms with Gasteiger partial charge >= 0.3 is 16.4 Å². The number of ether oxygens (including phenoxy) is 2. The molecule has 1 saturated heterocycles. The van der Waals surface area contributed by atoms with Crippen LogP contribution in [0.2, 0.25) is 0 Å². The standard InChI is InChI=1S/C10H20N2O6S/c1-10(2,3)18-9(13)12-4-5-16-6-8(12)7-17-19(11,14)15/h8H,4-7H2,1-3H3,(H2,11,14,15). The lowest BCUT2D eigenvalue weighted by atomic mass is 10.2. The van der Waals surface area contributed by atoms with Crippen molar-refractivity contribution < 1.29 is 26.9 Å². The Labute approximate surface area is 113 Å². The molecule has 1 amide bonds. The van der Waals surface area contributed by atoms with Crippen molar-refractivity contribution in [3.63, 3.8) is 0 Å². The number of amides is 1. The zero-order valence-electron chi connectivity index (χ0n) is 11.3. The number of morpholine rings is 1. The summed E-state index contributed by atoms with van der Waals surface area (Å²) in [6.07, 6.45) is -0.529. The second-order valence-corrected chi connectivity index (χ2v) is 6.40. The molecule has 0 spiro atoms. The van der Waals surface area contributed by atoms with Crippen LogP contribution in [-0.2, 0) is 24.0 Å². The monoisotopic (exact) mass is 296 g/mol. The van der Waals surface area contributed by atoms with Crippen molar-refractivity contribution in [3.05, 3.63) is 0 Å². The number of hydrogen-bond acceptors (Lipinski definition) is 6. The Kier molecular flexibility index (Phi) is 5.13. The van der Waals surface area contributed by atoms with Gasteiger partial charge in [-0.1, -0.05) is 0 Å². The Bertz CT molecular complexity index is 416. The molecule has 2 N–H and O–H groups in total. The van der Waals surface area contributed by atoms with Gasteiger partial charge in [0.15, 0.2) is 0 Å². The van der Waals surface area contributed by atoms with Crippen LogP contribution in [0, 0.1) is 0 Å². The third-order valence-electron chi connectivity index (χ3n) is 2.28. The summed E-state index contributed by atoms with van der Waals surface area (Å²) in [7, 11) is -4.04. The first-order chi connectivity index (χ1) is 8.58. The first kappa shape index (κ1) is 16.2. The van der Waals surface area contributed by atoms with E-state index in [9.17, 15) is 13.2 Å². The van der Waals surface area contributed by atoms with Crippen LogP contribution in [0.5, 0.6) is 0 Å². The van der Waals surface area contributed by atoms with E-state index in [0.717, 1.165) is 0 Å². The predicted octanol–water partition coefficient (Wildman–Crippen LogP) is -0.158. The van der Waals surface area contributed by atoms with E-state index >= 15 is 0 Å². The summed E-state index contributed by atoms with van der Waals surface area (Å²) in [6.45, 7) is 5.86. The molecule has 9 heteroatoms. The van der Waals surface area contributed by atoms with Crippen LogP contribution in [0.25, 0.3) is 0 Å². The molecular formula is C10H20N2O6S. The smallest absolute Gasteiger partial charge is 0.410 e. The first-order valence-corrected chi connectivity index (χ1v) is 7.30. The highest BCUT2D eigenvalue weighted by Gasteiger charge is 2.31. The third-order valence-corrected chi connectivity index (χ3v) is 2.74. The number of nitrogens with two attached hydrogens (primary N) is 1. The Balaban J connectivity index is 2.64. The highest BCUT2D eigenvalue weighted by molar-refractivity contribution is 7.84. The zero-order chi connectivity index (χ0) is 14.7. The fourth-order valence-electron chi connectivity index (χ4n) is 1.53. The van der Waals surface area contributed by atoms with Gasteiger partial charge in [0.2, 0.25) is 0 Å². The topological polar surface area (TPSA) is 108 Å². The van der Waals surface area contributed by atoms with Gasteiger partial charge < -0.3 is 9.47 Å². The van der Waals surface area contributed by atoms with Gasteiger partial charge in [0.1, 0.15) is 5.60 Å². The normalized spacial score (nSPS) is 21.3. The maximum atomic E-state index is 12.0.